The van der Waals surface area contributed by atoms with Gasteiger partial charge in [-0.15, -0.1) is 0 Å². The number of hydrogen-bond donors (Lipinski definition) is 1. The van der Waals surface area contributed by atoms with Gasteiger partial charge in [-0.2, -0.15) is 0 Å². The molecule has 100 valence electrons. The van der Waals surface area contributed by atoms with Crippen molar-refractivity contribution >= 4 is 16.6 Å². The summed E-state index contributed by atoms with van der Waals surface area (Å²) in [4.78, 5) is 8.18. The summed E-state index contributed by atoms with van der Waals surface area (Å²) in [5, 5.41) is 0.683. The molecule has 0 unspecified atom stereocenters. The number of rotatable bonds is 2. The zero-order valence-corrected chi connectivity index (χ0v) is 10.8. The van der Waals surface area contributed by atoms with Crippen LogP contribution in [0, 0.1) is 12.7 Å². The molecule has 0 saturated heterocycles. The monoisotopic (exact) mass is 269 g/mol. The fourth-order valence-corrected chi connectivity index (χ4v) is 1.92. The summed E-state index contributed by atoms with van der Waals surface area (Å²) in [6.45, 7) is 1.87. The van der Waals surface area contributed by atoms with Crippen LogP contribution in [0.25, 0.3) is 10.9 Å². The molecule has 0 spiro atoms. The summed E-state index contributed by atoms with van der Waals surface area (Å²) in [6, 6.07) is 9.88. The minimum Gasteiger partial charge on any atom is -0.435 e. The SMILES string of the molecule is Cc1ccc(F)c(Oc2ncnc3cc(N)ccc23)c1. The van der Waals surface area contributed by atoms with Crippen LogP contribution in [0.5, 0.6) is 11.6 Å². The van der Waals surface area contributed by atoms with Gasteiger partial charge < -0.3 is 10.5 Å². The van der Waals surface area contributed by atoms with Gasteiger partial charge in [0.15, 0.2) is 11.6 Å². The van der Waals surface area contributed by atoms with Crippen molar-refractivity contribution in [2.24, 2.45) is 0 Å². The van der Waals surface area contributed by atoms with Gasteiger partial charge in [0.25, 0.3) is 0 Å². The molecule has 1 aromatic heterocycles. The van der Waals surface area contributed by atoms with E-state index in [1.54, 1.807) is 30.3 Å². The summed E-state index contributed by atoms with van der Waals surface area (Å²) in [5.41, 5.74) is 7.87. The van der Waals surface area contributed by atoms with Crippen LogP contribution in [0.2, 0.25) is 0 Å². The Labute approximate surface area is 115 Å². The minimum atomic E-state index is -0.433. The highest BCUT2D eigenvalue weighted by molar-refractivity contribution is 5.85. The molecule has 0 aliphatic rings. The molecule has 3 rings (SSSR count). The molecule has 20 heavy (non-hydrogen) atoms. The third kappa shape index (κ3) is 2.25. The quantitative estimate of drug-likeness (QED) is 0.724. The maximum absolute atomic E-state index is 13.7. The van der Waals surface area contributed by atoms with Crippen LogP contribution in [0.3, 0.4) is 0 Å². The van der Waals surface area contributed by atoms with E-state index in [0.717, 1.165) is 5.56 Å². The second-order valence-corrected chi connectivity index (χ2v) is 4.49. The van der Waals surface area contributed by atoms with Crippen LogP contribution < -0.4 is 10.5 Å². The number of nitrogen functional groups attached to an aromatic ring is 1. The van der Waals surface area contributed by atoms with Crippen LogP contribution in [0.4, 0.5) is 10.1 Å². The van der Waals surface area contributed by atoms with E-state index in [1.165, 1.54) is 12.4 Å². The Kier molecular flexibility index (Phi) is 2.95. The number of halogens is 1. The predicted molar refractivity (Wildman–Crippen MR) is 75.2 cm³/mol. The van der Waals surface area contributed by atoms with E-state index >= 15 is 0 Å². The number of hydrogen-bond acceptors (Lipinski definition) is 4. The van der Waals surface area contributed by atoms with Crippen molar-refractivity contribution in [3.05, 3.63) is 54.1 Å². The van der Waals surface area contributed by atoms with E-state index in [0.29, 0.717) is 22.5 Å². The highest BCUT2D eigenvalue weighted by atomic mass is 19.1. The van der Waals surface area contributed by atoms with Gasteiger partial charge in [-0.1, -0.05) is 6.07 Å². The smallest absolute Gasteiger partial charge is 0.230 e. The van der Waals surface area contributed by atoms with Gasteiger partial charge in [-0.3, -0.25) is 0 Å². The van der Waals surface area contributed by atoms with E-state index < -0.39 is 5.82 Å². The molecule has 0 aliphatic carbocycles. The number of fused-ring (bicyclic) bond motifs is 1. The van der Waals surface area contributed by atoms with Crippen LogP contribution in [-0.2, 0) is 0 Å². The van der Waals surface area contributed by atoms with Gasteiger partial charge in [0.1, 0.15) is 6.33 Å². The van der Waals surface area contributed by atoms with Crippen molar-refractivity contribution in [3.8, 4) is 11.6 Å². The number of benzene rings is 2. The van der Waals surface area contributed by atoms with Crippen LogP contribution in [0.15, 0.2) is 42.7 Å². The number of aryl methyl sites for hydroxylation is 1. The molecule has 4 nitrogen and oxygen atoms in total. The molecule has 0 aliphatic heterocycles. The second kappa shape index (κ2) is 4.77. The lowest BCUT2D eigenvalue weighted by Crippen LogP contribution is -1.94. The molecule has 2 aromatic carbocycles. The normalized spacial score (nSPS) is 10.7. The molecular formula is C15H12FN3O. The molecule has 2 N–H and O–H groups in total. The third-order valence-corrected chi connectivity index (χ3v) is 2.92. The van der Waals surface area contributed by atoms with Gasteiger partial charge in [0.2, 0.25) is 5.88 Å². The first-order chi connectivity index (χ1) is 9.63. The van der Waals surface area contributed by atoms with Gasteiger partial charge in [-0.05, 0) is 42.8 Å². The van der Waals surface area contributed by atoms with Gasteiger partial charge in [-0.25, -0.2) is 14.4 Å². The fourth-order valence-electron chi connectivity index (χ4n) is 1.92. The van der Waals surface area contributed by atoms with E-state index in [2.05, 4.69) is 9.97 Å². The average molecular weight is 269 g/mol. The molecule has 0 fully saturated rings. The Morgan fingerprint density at radius 2 is 1.95 bits per heavy atom. The van der Waals surface area contributed by atoms with Crippen molar-refractivity contribution in [1.29, 1.82) is 0 Å². The molecule has 0 radical (unpaired) electrons. The molecule has 3 aromatic rings. The van der Waals surface area contributed by atoms with E-state index in [-0.39, 0.29) is 5.75 Å². The number of ether oxygens (including phenoxy) is 1. The Balaban J connectivity index is 2.09. The summed E-state index contributed by atoms with van der Waals surface area (Å²) in [5.74, 6) is 0.0131. The lowest BCUT2D eigenvalue weighted by Gasteiger charge is -2.09. The van der Waals surface area contributed by atoms with Crippen molar-refractivity contribution in [2.75, 3.05) is 5.73 Å². The summed E-state index contributed by atoms with van der Waals surface area (Å²) < 4.78 is 19.3. The average Bonchev–Trinajstić information content (AvgIpc) is 2.43. The molecular weight excluding hydrogens is 257 g/mol. The number of aromatic nitrogens is 2. The largest absolute Gasteiger partial charge is 0.435 e. The Morgan fingerprint density at radius 1 is 1.10 bits per heavy atom. The summed E-state index contributed by atoms with van der Waals surface area (Å²) in [7, 11) is 0. The summed E-state index contributed by atoms with van der Waals surface area (Å²) >= 11 is 0. The maximum atomic E-state index is 13.7. The first-order valence-electron chi connectivity index (χ1n) is 6.08. The highest BCUT2D eigenvalue weighted by Gasteiger charge is 2.10. The van der Waals surface area contributed by atoms with E-state index in [9.17, 15) is 4.39 Å². The van der Waals surface area contributed by atoms with Crippen LogP contribution in [0.1, 0.15) is 5.56 Å². The second-order valence-electron chi connectivity index (χ2n) is 4.49. The molecule has 0 amide bonds. The van der Waals surface area contributed by atoms with Crippen molar-refractivity contribution in [2.45, 2.75) is 6.92 Å². The fraction of sp³-hybridized carbons (Fsp3) is 0.0667. The first kappa shape index (κ1) is 12.3. The Hall–Kier alpha value is -2.69. The van der Waals surface area contributed by atoms with Gasteiger partial charge in [0, 0.05) is 5.69 Å². The molecule has 1 heterocycles. The molecule has 0 atom stereocenters. The van der Waals surface area contributed by atoms with Crippen LogP contribution in [-0.4, -0.2) is 9.97 Å². The lowest BCUT2D eigenvalue weighted by molar-refractivity contribution is 0.431. The Bertz CT molecular complexity index is 789. The van der Waals surface area contributed by atoms with Crippen molar-refractivity contribution in [1.82, 2.24) is 9.97 Å². The number of nitrogens with zero attached hydrogens (tertiary/aromatic N) is 2. The lowest BCUT2D eigenvalue weighted by atomic mass is 10.2. The number of anilines is 1. The van der Waals surface area contributed by atoms with Gasteiger partial charge in [0.05, 0.1) is 10.9 Å². The van der Waals surface area contributed by atoms with Crippen molar-refractivity contribution < 1.29 is 9.13 Å². The maximum Gasteiger partial charge on any atom is 0.230 e. The van der Waals surface area contributed by atoms with Crippen LogP contribution >= 0.6 is 0 Å². The van der Waals surface area contributed by atoms with E-state index in [1.807, 2.05) is 6.92 Å². The third-order valence-electron chi connectivity index (χ3n) is 2.92. The zero-order chi connectivity index (χ0) is 14.1. The first-order valence-corrected chi connectivity index (χ1v) is 6.08. The highest BCUT2D eigenvalue weighted by Crippen LogP contribution is 2.29. The molecule has 0 saturated carbocycles. The molecule has 5 heteroatoms. The standard InChI is InChI=1S/C15H12FN3O/c1-9-2-5-12(16)14(6-9)20-15-11-4-3-10(17)7-13(11)18-8-19-15/h2-8H,17H2,1H3. The summed E-state index contributed by atoms with van der Waals surface area (Å²) in [6.07, 6.45) is 1.37. The van der Waals surface area contributed by atoms with Crippen molar-refractivity contribution in [3.63, 3.8) is 0 Å². The van der Waals surface area contributed by atoms with E-state index in [4.69, 9.17) is 10.5 Å². The topological polar surface area (TPSA) is 61.0 Å². The number of nitrogens with two attached hydrogens (primary N) is 1. The predicted octanol–water partition coefficient (Wildman–Crippen LogP) is 3.45. The zero-order valence-electron chi connectivity index (χ0n) is 10.8. The van der Waals surface area contributed by atoms with Gasteiger partial charge >= 0.3 is 0 Å². The molecule has 0 bridgehead atoms. The minimum absolute atomic E-state index is 0.141. The Morgan fingerprint density at radius 3 is 2.80 bits per heavy atom.